The molecule has 2 fully saturated rings. The van der Waals surface area contributed by atoms with Crippen LogP contribution in [0.15, 0.2) is 71.9 Å². The van der Waals surface area contributed by atoms with Gasteiger partial charge in [0.05, 0.1) is 18.1 Å². The number of amides is 2. The molecule has 2 aromatic rings. The van der Waals surface area contributed by atoms with Gasteiger partial charge in [-0.05, 0) is 60.1 Å². The van der Waals surface area contributed by atoms with Gasteiger partial charge in [0, 0.05) is 0 Å². The Bertz CT molecular complexity index is 949. The summed E-state index contributed by atoms with van der Waals surface area (Å²) >= 11 is 0. The van der Waals surface area contributed by atoms with Crippen molar-refractivity contribution in [1.29, 1.82) is 0 Å². The van der Waals surface area contributed by atoms with Crippen LogP contribution >= 0.6 is 0 Å². The number of rotatable bonds is 5. The number of imide groups is 1. The van der Waals surface area contributed by atoms with Gasteiger partial charge in [-0.15, -0.1) is 0 Å². The van der Waals surface area contributed by atoms with Crippen LogP contribution in [0.1, 0.15) is 24.0 Å². The predicted molar refractivity (Wildman–Crippen MR) is 109 cm³/mol. The van der Waals surface area contributed by atoms with Gasteiger partial charge in [0.25, 0.3) is 11.8 Å². The summed E-state index contributed by atoms with van der Waals surface area (Å²) in [7, 11) is 0. The highest BCUT2D eigenvalue weighted by atomic mass is 16.5. The van der Waals surface area contributed by atoms with E-state index in [-0.39, 0.29) is 35.5 Å². The van der Waals surface area contributed by atoms with Gasteiger partial charge in [-0.3, -0.25) is 9.59 Å². The number of hydrazone groups is 1. The molecule has 0 N–H and O–H groups in total. The maximum atomic E-state index is 12.8. The van der Waals surface area contributed by atoms with Crippen LogP contribution in [-0.2, 0) is 16.2 Å². The van der Waals surface area contributed by atoms with Crippen molar-refractivity contribution in [2.45, 2.75) is 19.4 Å². The van der Waals surface area contributed by atoms with E-state index in [0.717, 1.165) is 34.7 Å². The molecule has 146 valence electrons. The summed E-state index contributed by atoms with van der Waals surface area (Å²) in [6.07, 6.45) is 7.78. The van der Waals surface area contributed by atoms with Crippen LogP contribution in [0, 0.1) is 23.7 Å². The lowest BCUT2D eigenvalue weighted by Crippen LogP contribution is -2.38. The molecule has 0 radical (unpaired) electrons. The lowest BCUT2D eigenvalue weighted by atomic mass is 9.63. The quantitative estimate of drug-likeness (QED) is 0.446. The lowest BCUT2D eigenvalue weighted by molar-refractivity contribution is -0.140. The maximum absolute atomic E-state index is 12.8. The molecule has 1 heterocycles. The second-order valence-electron chi connectivity index (χ2n) is 7.92. The van der Waals surface area contributed by atoms with Crippen LogP contribution in [0.25, 0.3) is 0 Å². The lowest BCUT2D eigenvalue weighted by Gasteiger charge is -2.37. The van der Waals surface area contributed by atoms with Gasteiger partial charge in [0.2, 0.25) is 0 Å². The Kier molecular flexibility index (Phi) is 4.51. The van der Waals surface area contributed by atoms with Crippen LogP contribution in [0.4, 0.5) is 0 Å². The predicted octanol–water partition coefficient (Wildman–Crippen LogP) is 3.80. The molecule has 3 aliphatic carbocycles. The normalized spacial score (nSPS) is 27.7. The minimum absolute atomic E-state index is 0.155. The maximum Gasteiger partial charge on any atom is 0.254 e. The first-order valence-corrected chi connectivity index (χ1v) is 10.1. The number of hydrogen-bond donors (Lipinski definition) is 0. The van der Waals surface area contributed by atoms with Crippen molar-refractivity contribution in [3.8, 4) is 5.75 Å². The van der Waals surface area contributed by atoms with E-state index < -0.39 is 0 Å². The molecule has 0 spiro atoms. The fraction of sp³-hybridized carbons (Fsp3) is 0.292. The highest BCUT2D eigenvalue weighted by Gasteiger charge is 2.56. The largest absolute Gasteiger partial charge is 0.489 e. The van der Waals surface area contributed by atoms with Gasteiger partial charge in [-0.25, -0.2) is 0 Å². The number of nitrogens with zero attached hydrogens (tertiary/aromatic N) is 2. The molecule has 1 aliphatic heterocycles. The summed E-state index contributed by atoms with van der Waals surface area (Å²) in [6.45, 7) is 0.504. The Labute approximate surface area is 169 Å². The average molecular weight is 386 g/mol. The molecule has 29 heavy (non-hydrogen) atoms. The van der Waals surface area contributed by atoms with Gasteiger partial charge in [-0.2, -0.15) is 10.1 Å². The molecule has 1 saturated carbocycles. The molecule has 6 rings (SSSR count). The van der Waals surface area contributed by atoms with Crippen LogP contribution < -0.4 is 4.74 Å². The van der Waals surface area contributed by atoms with E-state index in [1.54, 1.807) is 6.21 Å². The molecule has 5 nitrogen and oxygen atoms in total. The van der Waals surface area contributed by atoms with E-state index in [2.05, 4.69) is 17.3 Å². The van der Waals surface area contributed by atoms with Gasteiger partial charge in [0.1, 0.15) is 12.4 Å². The molecule has 2 aromatic carbocycles. The monoisotopic (exact) mass is 386 g/mol. The van der Waals surface area contributed by atoms with E-state index in [1.165, 1.54) is 0 Å². The number of hydrogen-bond acceptors (Lipinski definition) is 4. The first-order chi connectivity index (χ1) is 14.2. The Hall–Kier alpha value is -3.21. The average Bonchev–Trinajstić information content (AvgIpc) is 3.05. The Morgan fingerprint density at radius 2 is 1.52 bits per heavy atom. The van der Waals surface area contributed by atoms with Crippen molar-refractivity contribution in [3.05, 3.63) is 77.9 Å². The van der Waals surface area contributed by atoms with Gasteiger partial charge < -0.3 is 4.74 Å². The molecule has 0 unspecified atom stereocenters. The zero-order valence-corrected chi connectivity index (χ0v) is 16.0. The SMILES string of the molecule is O=C1[C@H]2[C@H](C(=O)N1/N=C\c1ccc(OCc3ccccc3)cc1)[C@@H]1C=C[C@@H]2CC1. The van der Waals surface area contributed by atoms with Crippen LogP contribution in [0.3, 0.4) is 0 Å². The van der Waals surface area contributed by atoms with Crippen molar-refractivity contribution in [2.75, 3.05) is 0 Å². The fourth-order valence-electron chi connectivity index (χ4n) is 4.69. The zero-order chi connectivity index (χ0) is 19.8. The first kappa shape index (κ1) is 17.9. The molecular formula is C24H22N2O3. The molecule has 5 heteroatoms. The first-order valence-electron chi connectivity index (χ1n) is 10.1. The van der Waals surface area contributed by atoms with Crippen molar-refractivity contribution in [2.24, 2.45) is 28.8 Å². The van der Waals surface area contributed by atoms with E-state index >= 15 is 0 Å². The Balaban J connectivity index is 1.25. The summed E-state index contributed by atoms with van der Waals surface area (Å²) in [4.78, 5) is 25.5. The number of carbonyl (C=O) groups is 2. The summed E-state index contributed by atoms with van der Waals surface area (Å²) in [5.41, 5.74) is 1.92. The van der Waals surface area contributed by atoms with Crippen LogP contribution in [0.2, 0.25) is 0 Å². The molecule has 2 bridgehead atoms. The number of carbonyl (C=O) groups excluding carboxylic acids is 2. The topological polar surface area (TPSA) is 59.0 Å². The molecule has 4 atom stereocenters. The van der Waals surface area contributed by atoms with E-state index in [9.17, 15) is 9.59 Å². The third kappa shape index (κ3) is 3.27. The van der Waals surface area contributed by atoms with Crippen LogP contribution in [0.5, 0.6) is 5.75 Å². The zero-order valence-electron chi connectivity index (χ0n) is 16.0. The molecule has 1 saturated heterocycles. The van der Waals surface area contributed by atoms with E-state index in [4.69, 9.17) is 4.74 Å². The van der Waals surface area contributed by atoms with Crippen molar-refractivity contribution < 1.29 is 14.3 Å². The van der Waals surface area contributed by atoms with E-state index in [1.807, 2.05) is 54.6 Å². The van der Waals surface area contributed by atoms with Gasteiger partial charge >= 0.3 is 0 Å². The number of ether oxygens (including phenoxy) is 1. The summed E-state index contributed by atoms with van der Waals surface area (Å²) in [5, 5.41) is 5.33. The van der Waals surface area contributed by atoms with Gasteiger partial charge in [-0.1, -0.05) is 42.5 Å². The fourth-order valence-corrected chi connectivity index (χ4v) is 4.69. The highest BCUT2D eigenvalue weighted by molar-refractivity contribution is 6.06. The second-order valence-corrected chi connectivity index (χ2v) is 7.92. The summed E-state index contributed by atoms with van der Waals surface area (Å²) in [5.74, 6) is 0.365. The number of fused-ring (bicyclic) bond motifs is 1. The summed E-state index contributed by atoms with van der Waals surface area (Å²) in [6, 6.07) is 17.4. The molecule has 0 aromatic heterocycles. The van der Waals surface area contributed by atoms with Crippen molar-refractivity contribution >= 4 is 18.0 Å². The smallest absolute Gasteiger partial charge is 0.254 e. The highest BCUT2D eigenvalue weighted by Crippen LogP contribution is 2.49. The number of allylic oxidation sites excluding steroid dienone is 2. The number of benzene rings is 2. The Morgan fingerprint density at radius 3 is 2.10 bits per heavy atom. The minimum atomic E-state index is -0.225. The molecule has 4 aliphatic rings. The third-order valence-corrected chi connectivity index (χ3v) is 6.19. The minimum Gasteiger partial charge on any atom is -0.489 e. The molecular weight excluding hydrogens is 364 g/mol. The molecule has 2 amide bonds. The standard InChI is InChI=1S/C24H22N2O3/c27-23-21-18-8-9-19(11-10-18)22(21)24(28)26(23)25-14-16-6-12-20(13-7-16)29-15-17-4-2-1-3-5-17/h1-9,12-14,18-19,21-22H,10-11,15H2/b25-14-/t18-,19-,21-,22-/m1/s1. The van der Waals surface area contributed by atoms with Crippen LogP contribution in [-0.4, -0.2) is 23.0 Å². The second kappa shape index (κ2) is 7.32. The van der Waals surface area contributed by atoms with Gasteiger partial charge in [0.15, 0.2) is 0 Å². The third-order valence-electron chi connectivity index (χ3n) is 6.19. The Morgan fingerprint density at radius 1 is 0.897 bits per heavy atom. The summed E-state index contributed by atoms with van der Waals surface area (Å²) < 4.78 is 5.78. The van der Waals surface area contributed by atoms with E-state index in [0.29, 0.717) is 6.61 Å². The van der Waals surface area contributed by atoms with Crippen molar-refractivity contribution in [1.82, 2.24) is 5.01 Å². The van der Waals surface area contributed by atoms with Crippen molar-refractivity contribution in [3.63, 3.8) is 0 Å².